The van der Waals surface area contributed by atoms with Crippen molar-refractivity contribution in [3.63, 3.8) is 0 Å². The van der Waals surface area contributed by atoms with Gasteiger partial charge in [0, 0.05) is 17.3 Å². The highest BCUT2D eigenvalue weighted by Gasteiger charge is 2.22. The normalized spacial score (nSPS) is 12.9. The van der Waals surface area contributed by atoms with Crippen LogP contribution >= 0.6 is 15.9 Å². The van der Waals surface area contributed by atoms with Crippen molar-refractivity contribution in [1.82, 2.24) is 0 Å². The average Bonchev–Trinajstić information content (AvgIpc) is 2.90. The van der Waals surface area contributed by atoms with Crippen molar-refractivity contribution in [3.05, 3.63) is 63.1 Å². The second kappa shape index (κ2) is 5.56. The standard InChI is InChI=1S/C16H11BrF2O2/c17-11-7-10-3-4-21-16(10)12(8-11)15(20)6-9-1-2-13(18)14(19)5-9/h1-2,5,7-8H,3-4,6H2. The Labute approximate surface area is 128 Å². The van der Waals surface area contributed by atoms with E-state index in [1.807, 2.05) is 6.07 Å². The minimum Gasteiger partial charge on any atom is -0.492 e. The van der Waals surface area contributed by atoms with Gasteiger partial charge in [-0.25, -0.2) is 8.78 Å². The molecule has 0 bridgehead atoms. The van der Waals surface area contributed by atoms with Gasteiger partial charge in [0.1, 0.15) is 5.75 Å². The molecule has 0 aromatic heterocycles. The number of carbonyl (C=O) groups excluding carboxylic acids is 1. The van der Waals surface area contributed by atoms with Crippen molar-refractivity contribution >= 4 is 21.7 Å². The van der Waals surface area contributed by atoms with Gasteiger partial charge in [0.05, 0.1) is 12.2 Å². The fourth-order valence-corrected chi connectivity index (χ4v) is 2.91. The van der Waals surface area contributed by atoms with Gasteiger partial charge < -0.3 is 4.74 Å². The van der Waals surface area contributed by atoms with E-state index in [4.69, 9.17) is 4.74 Å². The van der Waals surface area contributed by atoms with Crippen LogP contribution < -0.4 is 4.74 Å². The van der Waals surface area contributed by atoms with Crippen LogP contribution in [0.3, 0.4) is 0 Å². The van der Waals surface area contributed by atoms with E-state index in [9.17, 15) is 13.6 Å². The molecule has 0 saturated heterocycles. The molecule has 0 aliphatic carbocycles. The Balaban J connectivity index is 1.91. The topological polar surface area (TPSA) is 26.3 Å². The number of fused-ring (bicyclic) bond motifs is 1. The zero-order valence-corrected chi connectivity index (χ0v) is 12.5. The Morgan fingerprint density at radius 2 is 2.00 bits per heavy atom. The van der Waals surface area contributed by atoms with E-state index in [0.717, 1.165) is 28.6 Å². The molecule has 0 amide bonds. The minimum atomic E-state index is -0.948. The third kappa shape index (κ3) is 2.83. The van der Waals surface area contributed by atoms with E-state index >= 15 is 0 Å². The number of benzene rings is 2. The van der Waals surface area contributed by atoms with E-state index in [-0.39, 0.29) is 12.2 Å². The lowest BCUT2D eigenvalue weighted by Crippen LogP contribution is -2.06. The van der Waals surface area contributed by atoms with Crippen LogP contribution in [0.4, 0.5) is 8.78 Å². The summed E-state index contributed by atoms with van der Waals surface area (Å²) in [4.78, 5) is 12.4. The lowest BCUT2D eigenvalue weighted by Gasteiger charge is -2.08. The molecule has 0 saturated carbocycles. The number of ether oxygens (including phenoxy) is 1. The summed E-state index contributed by atoms with van der Waals surface area (Å²) in [7, 11) is 0. The summed E-state index contributed by atoms with van der Waals surface area (Å²) in [6, 6.07) is 7.12. The van der Waals surface area contributed by atoms with Gasteiger partial charge in [0.2, 0.25) is 0 Å². The van der Waals surface area contributed by atoms with Crippen LogP contribution in [0.2, 0.25) is 0 Å². The average molecular weight is 353 g/mol. The maximum atomic E-state index is 13.2. The van der Waals surface area contributed by atoms with Crippen molar-refractivity contribution in [2.24, 2.45) is 0 Å². The first-order valence-electron chi connectivity index (χ1n) is 6.47. The second-order valence-corrected chi connectivity index (χ2v) is 5.80. The van der Waals surface area contributed by atoms with Crippen molar-refractivity contribution in [2.45, 2.75) is 12.8 Å². The van der Waals surface area contributed by atoms with Gasteiger partial charge in [0.25, 0.3) is 0 Å². The summed E-state index contributed by atoms with van der Waals surface area (Å²) in [6.07, 6.45) is 0.768. The predicted octanol–water partition coefficient (Wildman–Crippen LogP) is 4.09. The van der Waals surface area contributed by atoms with Gasteiger partial charge in [-0.1, -0.05) is 22.0 Å². The highest BCUT2D eigenvalue weighted by atomic mass is 79.9. The summed E-state index contributed by atoms with van der Waals surface area (Å²) in [5, 5.41) is 0. The Morgan fingerprint density at radius 3 is 2.76 bits per heavy atom. The molecule has 0 unspecified atom stereocenters. The number of Topliss-reactive ketones (excluding diaryl/α,β-unsaturated/α-hetero) is 1. The molecule has 21 heavy (non-hydrogen) atoms. The predicted molar refractivity (Wildman–Crippen MR) is 77.7 cm³/mol. The molecule has 2 aromatic rings. The molecule has 0 radical (unpaired) electrons. The van der Waals surface area contributed by atoms with Crippen LogP contribution in [-0.2, 0) is 12.8 Å². The third-order valence-corrected chi connectivity index (χ3v) is 3.86. The molecular weight excluding hydrogens is 342 g/mol. The molecule has 0 atom stereocenters. The summed E-state index contributed by atoms with van der Waals surface area (Å²) in [6.45, 7) is 0.553. The molecule has 1 aliphatic heterocycles. The minimum absolute atomic E-state index is 0.00343. The summed E-state index contributed by atoms with van der Waals surface area (Å²) < 4.78 is 32.4. The number of hydrogen-bond acceptors (Lipinski definition) is 2. The molecule has 0 N–H and O–H groups in total. The molecular formula is C16H11BrF2O2. The molecule has 2 aromatic carbocycles. The monoisotopic (exact) mass is 352 g/mol. The van der Waals surface area contributed by atoms with Gasteiger partial charge in [-0.3, -0.25) is 4.79 Å². The Kier molecular flexibility index (Phi) is 3.76. The number of carbonyl (C=O) groups is 1. The third-order valence-electron chi connectivity index (χ3n) is 3.40. The van der Waals surface area contributed by atoms with E-state index in [1.165, 1.54) is 6.07 Å². The Hall–Kier alpha value is -1.75. The van der Waals surface area contributed by atoms with Crippen LogP contribution in [0.1, 0.15) is 21.5 Å². The van der Waals surface area contributed by atoms with Crippen LogP contribution in [0.25, 0.3) is 0 Å². The van der Waals surface area contributed by atoms with Gasteiger partial charge >= 0.3 is 0 Å². The van der Waals surface area contributed by atoms with Crippen molar-refractivity contribution < 1.29 is 18.3 Å². The van der Waals surface area contributed by atoms with Crippen LogP contribution in [0.15, 0.2) is 34.8 Å². The molecule has 0 fully saturated rings. The quantitative estimate of drug-likeness (QED) is 0.777. The van der Waals surface area contributed by atoms with Crippen molar-refractivity contribution in [1.29, 1.82) is 0 Å². The van der Waals surface area contributed by atoms with Crippen LogP contribution in [0.5, 0.6) is 5.75 Å². The zero-order valence-electron chi connectivity index (χ0n) is 11.0. The lowest BCUT2D eigenvalue weighted by molar-refractivity contribution is 0.0990. The first-order valence-corrected chi connectivity index (χ1v) is 7.26. The van der Waals surface area contributed by atoms with E-state index in [1.54, 1.807) is 6.07 Å². The van der Waals surface area contributed by atoms with E-state index in [2.05, 4.69) is 15.9 Å². The number of rotatable bonds is 3. The van der Waals surface area contributed by atoms with Gasteiger partial charge in [-0.05, 0) is 35.4 Å². The SMILES string of the molecule is O=C(Cc1ccc(F)c(F)c1)c1cc(Br)cc2c1OCC2. The fraction of sp³-hybridized carbons (Fsp3) is 0.188. The maximum absolute atomic E-state index is 13.2. The summed E-state index contributed by atoms with van der Waals surface area (Å²) >= 11 is 3.37. The highest BCUT2D eigenvalue weighted by molar-refractivity contribution is 9.10. The Bertz CT molecular complexity index is 728. The van der Waals surface area contributed by atoms with Crippen molar-refractivity contribution in [2.75, 3.05) is 6.61 Å². The molecule has 108 valence electrons. The lowest BCUT2D eigenvalue weighted by atomic mass is 10.00. The first kappa shape index (κ1) is 14.2. The number of hydrogen-bond donors (Lipinski definition) is 0. The van der Waals surface area contributed by atoms with Gasteiger partial charge in [-0.15, -0.1) is 0 Å². The number of halogens is 3. The van der Waals surface area contributed by atoms with Crippen LogP contribution in [0, 0.1) is 11.6 Å². The van der Waals surface area contributed by atoms with E-state index in [0.29, 0.717) is 23.5 Å². The molecule has 0 spiro atoms. The van der Waals surface area contributed by atoms with Gasteiger partial charge in [-0.2, -0.15) is 0 Å². The second-order valence-electron chi connectivity index (χ2n) is 4.89. The Morgan fingerprint density at radius 1 is 1.19 bits per heavy atom. The largest absolute Gasteiger partial charge is 0.492 e. The highest BCUT2D eigenvalue weighted by Crippen LogP contribution is 2.33. The molecule has 3 rings (SSSR count). The molecule has 5 heteroatoms. The van der Waals surface area contributed by atoms with Gasteiger partial charge in [0.15, 0.2) is 17.4 Å². The van der Waals surface area contributed by atoms with Crippen molar-refractivity contribution in [3.8, 4) is 5.75 Å². The summed E-state index contributed by atoms with van der Waals surface area (Å²) in [5.41, 5.74) is 1.89. The molecule has 1 aliphatic rings. The zero-order chi connectivity index (χ0) is 15.0. The molecule has 2 nitrogen and oxygen atoms in total. The van der Waals surface area contributed by atoms with E-state index < -0.39 is 11.6 Å². The maximum Gasteiger partial charge on any atom is 0.171 e. The smallest absolute Gasteiger partial charge is 0.171 e. The fourth-order valence-electron chi connectivity index (χ4n) is 2.41. The van der Waals surface area contributed by atoms with Crippen LogP contribution in [-0.4, -0.2) is 12.4 Å². The first-order chi connectivity index (χ1) is 10.0. The molecule has 1 heterocycles. The number of ketones is 1. The summed E-state index contributed by atoms with van der Waals surface area (Å²) in [5.74, 6) is -1.44.